The third-order valence-corrected chi connectivity index (χ3v) is 3.52. The number of benzene rings is 1. The fourth-order valence-electron chi connectivity index (χ4n) is 2.45. The first-order valence-corrected chi connectivity index (χ1v) is 7.03. The van der Waals surface area contributed by atoms with Gasteiger partial charge in [-0.1, -0.05) is 0 Å². The zero-order valence-electron chi connectivity index (χ0n) is 12.2. The molecule has 0 amide bonds. The quantitative estimate of drug-likeness (QED) is 0.726. The van der Waals surface area contributed by atoms with E-state index in [1.165, 1.54) is 12.3 Å². The van der Waals surface area contributed by atoms with Crippen LogP contribution in [0.3, 0.4) is 0 Å². The monoisotopic (exact) mass is 301 g/mol. The van der Waals surface area contributed by atoms with E-state index >= 15 is 0 Å². The summed E-state index contributed by atoms with van der Waals surface area (Å²) in [5, 5.41) is 10.8. The lowest BCUT2D eigenvalue weighted by atomic mass is 10.1. The highest BCUT2D eigenvalue weighted by Gasteiger charge is 2.12. The van der Waals surface area contributed by atoms with E-state index in [0.717, 1.165) is 18.4 Å². The van der Waals surface area contributed by atoms with Crippen molar-refractivity contribution in [1.82, 2.24) is 4.98 Å². The molecule has 3 aromatic rings. The summed E-state index contributed by atoms with van der Waals surface area (Å²) in [5.74, 6) is -0.431. The van der Waals surface area contributed by atoms with Gasteiger partial charge in [-0.3, -0.25) is 4.98 Å². The fourth-order valence-corrected chi connectivity index (χ4v) is 2.45. The van der Waals surface area contributed by atoms with Gasteiger partial charge in [0, 0.05) is 30.9 Å². The molecule has 0 unspecified atom stereocenters. The molecule has 2 heterocycles. The highest BCUT2D eigenvalue weighted by molar-refractivity contribution is 5.84. The van der Waals surface area contributed by atoms with E-state index in [2.05, 4.69) is 4.98 Å². The Kier molecular flexibility index (Phi) is 4.06. The first kappa shape index (κ1) is 14.5. The molecule has 5 heteroatoms. The van der Waals surface area contributed by atoms with Gasteiger partial charge in [0.2, 0.25) is 0 Å². The molecule has 0 bridgehead atoms. The Bertz CT molecular complexity index is 798. The van der Waals surface area contributed by atoms with Gasteiger partial charge in [-0.2, -0.15) is 0 Å². The summed E-state index contributed by atoms with van der Waals surface area (Å²) in [6, 6.07) is 6.40. The third-order valence-electron chi connectivity index (χ3n) is 3.52. The van der Waals surface area contributed by atoms with Gasteiger partial charge >= 0.3 is 0 Å². The summed E-state index contributed by atoms with van der Waals surface area (Å²) in [4.78, 5) is 4.27. The molecule has 0 saturated heterocycles. The molecular weight excluding hydrogens is 285 g/mol. The Morgan fingerprint density at radius 2 is 2.18 bits per heavy atom. The number of aryl methyl sites for hydroxylation is 1. The highest BCUT2D eigenvalue weighted by atomic mass is 19.1. The zero-order valence-corrected chi connectivity index (χ0v) is 12.2. The lowest BCUT2D eigenvalue weighted by Crippen LogP contribution is -1.94. The minimum Gasteiger partial charge on any atom is -0.506 e. The smallest absolute Gasteiger partial charge is 0.169 e. The van der Waals surface area contributed by atoms with Crippen LogP contribution in [-0.4, -0.2) is 23.8 Å². The molecule has 1 N–H and O–H groups in total. The Hall–Kier alpha value is -2.40. The molecule has 0 aliphatic heterocycles. The van der Waals surface area contributed by atoms with Crippen molar-refractivity contribution in [1.29, 1.82) is 0 Å². The van der Waals surface area contributed by atoms with Crippen molar-refractivity contribution in [3.8, 4) is 17.0 Å². The minimum absolute atomic E-state index is 0.0390. The maximum absolute atomic E-state index is 14.0. The Morgan fingerprint density at radius 3 is 2.95 bits per heavy atom. The molecule has 2 aromatic heterocycles. The summed E-state index contributed by atoms with van der Waals surface area (Å²) in [5.41, 5.74) is 2.01. The number of halogens is 1. The minimum atomic E-state index is -0.470. The van der Waals surface area contributed by atoms with Crippen LogP contribution in [0.15, 0.2) is 41.1 Å². The van der Waals surface area contributed by atoms with Gasteiger partial charge in [-0.05, 0) is 42.7 Å². The van der Waals surface area contributed by atoms with Crippen molar-refractivity contribution in [2.45, 2.75) is 12.8 Å². The van der Waals surface area contributed by atoms with Crippen LogP contribution in [0.1, 0.15) is 12.0 Å². The van der Waals surface area contributed by atoms with Crippen LogP contribution >= 0.6 is 0 Å². The van der Waals surface area contributed by atoms with Crippen LogP contribution in [0.25, 0.3) is 22.2 Å². The summed E-state index contributed by atoms with van der Waals surface area (Å²) in [6.45, 7) is 0.658. The van der Waals surface area contributed by atoms with E-state index in [9.17, 15) is 9.50 Å². The number of rotatable bonds is 5. The number of fused-ring (bicyclic) bond motifs is 1. The van der Waals surface area contributed by atoms with Gasteiger partial charge in [0.15, 0.2) is 11.4 Å². The Labute approximate surface area is 127 Å². The van der Waals surface area contributed by atoms with E-state index in [1.807, 2.05) is 0 Å². The van der Waals surface area contributed by atoms with Gasteiger partial charge in [-0.15, -0.1) is 0 Å². The molecule has 0 radical (unpaired) electrons. The number of nitrogens with zero attached hydrogens (tertiary/aromatic N) is 1. The number of aromatic hydroxyl groups is 1. The van der Waals surface area contributed by atoms with Crippen molar-refractivity contribution in [3.63, 3.8) is 0 Å². The van der Waals surface area contributed by atoms with Gasteiger partial charge in [0.05, 0.1) is 6.26 Å². The average molecular weight is 301 g/mol. The predicted octanol–water partition coefficient (Wildman–Crippen LogP) is 3.92. The number of hydrogen-bond donors (Lipinski definition) is 1. The van der Waals surface area contributed by atoms with E-state index in [0.29, 0.717) is 23.3 Å². The second kappa shape index (κ2) is 6.15. The van der Waals surface area contributed by atoms with E-state index in [-0.39, 0.29) is 11.3 Å². The lowest BCUT2D eigenvalue weighted by molar-refractivity contribution is 0.195. The topological polar surface area (TPSA) is 55.5 Å². The molecular formula is C17H16FNO3. The highest BCUT2D eigenvalue weighted by Crippen LogP contribution is 2.32. The fraction of sp³-hybridized carbons (Fsp3) is 0.235. The van der Waals surface area contributed by atoms with Crippen LogP contribution in [0.5, 0.6) is 5.75 Å². The number of furan rings is 1. The van der Waals surface area contributed by atoms with Gasteiger partial charge in [0.1, 0.15) is 11.4 Å². The molecule has 0 spiro atoms. The lowest BCUT2D eigenvalue weighted by Gasteiger charge is -2.07. The normalized spacial score (nSPS) is 11.2. The summed E-state index contributed by atoms with van der Waals surface area (Å²) < 4.78 is 24.0. The number of ether oxygens (including phenoxy) is 1. The van der Waals surface area contributed by atoms with Crippen LogP contribution in [-0.2, 0) is 11.2 Å². The molecule has 1 aromatic carbocycles. The summed E-state index contributed by atoms with van der Waals surface area (Å²) >= 11 is 0. The molecule has 114 valence electrons. The van der Waals surface area contributed by atoms with Gasteiger partial charge < -0.3 is 14.3 Å². The number of hydrogen-bond acceptors (Lipinski definition) is 4. The number of aromatic nitrogens is 1. The number of pyridine rings is 1. The molecule has 0 aliphatic carbocycles. The van der Waals surface area contributed by atoms with E-state index in [4.69, 9.17) is 9.15 Å². The summed E-state index contributed by atoms with van der Waals surface area (Å²) in [6.07, 6.45) is 4.75. The number of methoxy groups -OCH3 is 1. The maximum Gasteiger partial charge on any atom is 0.169 e. The zero-order chi connectivity index (χ0) is 15.5. The largest absolute Gasteiger partial charge is 0.506 e. The second-order valence-corrected chi connectivity index (χ2v) is 5.10. The van der Waals surface area contributed by atoms with Crippen molar-refractivity contribution in [2.75, 3.05) is 13.7 Å². The van der Waals surface area contributed by atoms with Crippen LogP contribution in [0.2, 0.25) is 0 Å². The van der Waals surface area contributed by atoms with Crippen LogP contribution < -0.4 is 0 Å². The van der Waals surface area contributed by atoms with E-state index < -0.39 is 5.82 Å². The van der Waals surface area contributed by atoms with Crippen LogP contribution in [0.4, 0.5) is 4.39 Å². The van der Waals surface area contributed by atoms with Gasteiger partial charge in [0.25, 0.3) is 0 Å². The summed E-state index contributed by atoms with van der Waals surface area (Å²) in [7, 11) is 1.65. The standard InChI is InChI=1S/C17H16FNO3/c1-21-5-2-3-11-7-15(20)16(19-10-11)13-8-12-4-6-22-17(12)14(18)9-13/h4,6-10,20H,2-3,5H2,1H3. The maximum atomic E-state index is 14.0. The predicted molar refractivity (Wildman–Crippen MR) is 81.3 cm³/mol. The van der Waals surface area contributed by atoms with Crippen molar-refractivity contribution < 1.29 is 18.7 Å². The van der Waals surface area contributed by atoms with Gasteiger partial charge in [-0.25, -0.2) is 4.39 Å². The Balaban J connectivity index is 1.93. The molecule has 0 atom stereocenters. The van der Waals surface area contributed by atoms with Crippen molar-refractivity contribution in [2.24, 2.45) is 0 Å². The average Bonchev–Trinajstić information content (AvgIpc) is 2.96. The molecule has 0 saturated carbocycles. The third kappa shape index (κ3) is 2.80. The SMILES string of the molecule is COCCCc1cnc(-c2cc(F)c3occc3c2)c(O)c1. The molecule has 4 nitrogen and oxygen atoms in total. The van der Waals surface area contributed by atoms with E-state index in [1.54, 1.807) is 31.5 Å². The molecule has 0 aliphatic rings. The molecule has 0 fully saturated rings. The molecule has 22 heavy (non-hydrogen) atoms. The Morgan fingerprint density at radius 1 is 1.32 bits per heavy atom. The van der Waals surface area contributed by atoms with Crippen molar-refractivity contribution in [3.05, 3.63) is 48.1 Å². The first-order valence-electron chi connectivity index (χ1n) is 7.03. The van der Waals surface area contributed by atoms with Crippen LogP contribution in [0, 0.1) is 5.82 Å². The first-order chi connectivity index (χ1) is 10.7. The second-order valence-electron chi connectivity index (χ2n) is 5.10. The van der Waals surface area contributed by atoms with Crippen molar-refractivity contribution >= 4 is 11.0 Å². The molecule has 3 rings (SSSR count).